The van der Waals surface area contributed by atoms with Crippen molar-refractivity contribution in [3.05, 3.63) is 53.9 Å². The quantitative estimate of drug-likeness (QED) is 0.864. The molecule has 0 aliphatic carbocycles. The van der Waals surface area contributed by atoms with Gasteiger partial charge in [0.2, 0.25) is 5.91 Å². The fraction of sp³-hybridized carbons (Fsp3) is 0.444. The van der Waals surface area contributed by atoms with E-state index in [2.05, 4.69) is 29.1 Å². The molecule has 23 heavy (non-hydrogen) atoms. The lowest BCUT2D eigenvalue weighted by atomic mass is 9.94. The Kier molecular flexibility index (Phi) is 5.06. The van der Waals surface area contributed by atoms with Gasteiger partial charge in [-0.3, -0.25) is 9.48 Å². The normalized spacial score (nSPS) is 19.6. The molecule has 1 aromatic carbocycles. The Hall–Kier alpha value is -1.75. The zero-order valence-electron chi connectivity index (χ0n) is 13.7. The minimum Gasteiger partial charge on any atom is -0.333 e. The van der Waals surface area contributed by atoms with Crippen molar-refractivity contribution in [2.45, 2.75) is 25.3 Å². The highest BCUT2D eigenvalue weighted by Gasteiger charge is 2.33. The van der Waals surface area contributed by atoms with Gasteiger partial charge in [-0.2, -0.15) is 16.9 Å². The van der Waals surface area contributed by atoms with Crippen LogP contribution in [0, 0.1) is 0 Å². The molecule has 2 unspecified atom stereocenters. The van der Waals surface area contributed by atoms with Crippen LogP contribution in [0.4, 0.5) is 0 Å². The van der Waals surface area contributed by atoms with E-state index in [1.165, 1.54) is 0 Å². The first-order chi connectivity index (χ1) is 11.2. The molecule has 5 heteroatoms. The smallest absolute Gasteiger partial charge is 0.230 e. The van der Waals surface area contributed by atoms with Crippen molar-refractivity contribution in [1.82, 2.24) is 14.7 Å². The van der Waals surface area contributed by atoms with Crippen molar-refractivity contribution in [2.75, 3.05) is 18.1 Å². The van der Waals surface area contributed by atoms with Crippen LogP contribution in [0.25, 0.3) is 0 Å². The van der Waals surface area contributed by atoms with Crippen LogP contribution in [0.1, 0.15) is 36.4 Å². The van der Waals surface area contributed by atoms with Crippen molar-refractivity contribution in [2.24, 2.45) is 7.05 Å². The lowest BCUT2D eigenvalue weighted by Crippen LogP contribution is -2.43. The Morgan fingerprint density at radius 2 is 2.17 bits per heavy atom. The number of carbonyl (C=O) groups is 1. The first-order valence-electron chi connectivity index (χ1n) is 8.12. The molecular weight excluding hydrogens is 306 g/mol. The molecule has 1 aliphatic heterocycles. The predicted octanol–water partition coefficient (Wildman–Crippen LogP) is 3.23. The molecule has 2 aromatic rings. The number of thioether (sulfide) groups is 1. The molecule has 1 aromatic heterocycles. The summed E-state index contributed by atoms with van der Waals surface area (Å²) in [5.74, 6) is 2.14. The standard InChI is InChI=1S/C18H23N3OS/c1-3-16(14-7-5-4-6-8-14)18(22)21-9-10-23-13-17(21)15-11-19-20(2)12-15/h4-8,11-12,16-17H,3,9-10,13H2,1-2H3. The summed E-state index contributed by atoms with van der Waals surface area (Å²) in [6.45, 7) is 2.90. The topological polar surface area (TPSA) is 38.1 Å². The van der Waals surface area contributed by atoms with Crippen molar-refractivity contribution >= 4 is 17.7 Å². The lowest BCUT2D eigenvalue weighted by molar-refractivity contribution is -0.134. The van der Waals surface area contributed by atoms with E-state index in [1.807, 2.05) is 54.1 Å². The van der Waals surface area contributed by atoms with Gasteiger partial charge in [-0.25, -0.2) is 0 Å². The maximum absolute atomic E-state index is 13.2. The van der Waals surface area contributed by atoms with Crippen molar-refractivity contribution in [1.29, 1.82) is 0 Å². The van der Waals surface area contributed by atoms with E-state index < -0.39 is 0 Å². The first kappa shape index (κ1) is 16.1. The van der Waals surface area contributed by atoms with Gasteiger partial charge in [-0.1, -0.05) is 37.3 Å². The van der Waals surface area contributed by atoms with E-state index in [0.717, 1.165) is 35.6 Å². The molecule has 122 valence electrons. The largest absolute Gasteiger partial charge is 0.333 e. The Morgan fingerprint density at radius 3 is 2.83 bits per heavy atom. The number of carbonyl (C=O) groups excluding carboxylic acids is 1. The minimum atomic E-state index is -0.0570. The fourth-order valence-electron chi connectivity index (χ4n) is 3.19. The van der Waals surface area contributed by atoms with Crippen LogP contribution in [0.5, 0.6) is 0 Å². The molecule has 0 N–H and O–H groups in total. The van der Waals surface area contributed by atoms with E-state index >= 15 is 0 Å². The molecule has 0 saturated carbocycles. The van der Waals surface area contributed by atoms with Gasteiger partial charge in [0.25, 0.3) is 0 Å². The summed E-state index contributed by atoms with van der Waals surface area (Å²) in [4.78, 5) is 15.3. The fourth-order valence-corrected chi connectivity index (χ4v) is 4.28. The number of nitrogens with zero attached hydrogens (tertiary/aromatic N) is 3. The number of hydrogen-bond acceptors (Lipinski definition) is 3. The van der Waals surface area contributed by atoms with Crippen LogP contribution >= 0.6 is 11.8 Å². The van der Waals surface area contributed by atoms with Crippen LogP contribution < -0.4 is 0 Å². The third-order valence-corrected chi connectivity index (χ3v) is 5.45. The van der Waals surface area contributed by atoms with E-state index in [-0.39, 0.29) is 17.9 Å². The molecule has 2 atom stereocenters. The van der Waals surface area contributed by atoms with Gasteiger partial charge in [0.1, 0.15) is 0 Å². The number of hydrogen-bond donors (Lipinski definition) is 0. The highest BCUT2D eigenvalue weighted by atomic mass is 32.2. The van der Waals surface area contributed by atoms with Crippen molar-refractivity contribution < 1.29 is 4.79 Å². The molecule has 4 nitrogen and oxygen atoms in total. The zero-order chi connectivity index (χ0) is 16.2. The van der Waals surface area contributed by atoms with E-state index in [1.54, 1.807) is 0 Å². The van der Waals surface area contributed by atoms with Gasteiger partial charge in [0.05, 0.1) is 18.2 Å². The Bertz CT molecular complexity index is 655. The van der Waals surface area contributed by atoms with Crippen LogP contribution in [0.3, 0.4) is 0 Å². The summed E-state index contributed by atoms with van der Waals surface area (Å²) in [6, 6.07) is 10.3. The van der Waals surface area contributed by atoms with Gasteiger partial charge >= 0.3 is 0 Å². The van der Waals surface area contributed by atoms with E-state index in [9.17, 15) is 4.79 Å². The SMILES string of the molecule is CCC(C(=O)N1CCSCC1c1cnn(C)c1)c1ccccc1. The number of aromatic nitrogens is 2. The van der Waals surface area contributed by atoms with Crippen molar-refractivity contribution in [3.8, 4) is 0 Å². The molecule has 1 fully saturated rings. The molecular formula is C18H23N3OS. The molecule has 2 heterocycles. The molecule has 1 aliphatic rings. The van der Waals surface area contributed by atoms with Crippen LogP contribution in [0.2, 0.25) is 0 Å². The molecule has 1 saturated heterocycles. The zero-order valence-corrected chi connectivity index (χ0v) is 14.5. The second-order valence-corrected chi connectivity index (χ2v) is 7.09. The minimum absolute atomic E-state index is 0.0570. The highest BCUT2D eigenvalue weighted by Crippen LogP contribution is 2.33. The highest BCUT2D eigenvalue weighted by molar-refractivity contribution is 7.99. The number of benzene rings is 1. The molecule has 0 bridgehead atoms. The molecule has 1 amide bonds. The second-order valence-electron chi connectivity index (χ2n) is 5.94. The molecule has 0 spiro atoms. The van der Waals surface area contributed by atoms with Gasteiger partial charge in [-0.15, -0.1) is 0 Å². The van der Waals surface area contributed by atoms with Crippen LogP contribution in [0.15, 0.2) is 42.7 Å². The third kappa shape index (κ3) is 3.44. The Labute approximate surface area is 141 Å². The monoisotopic (exact) mass is 329 g/mol. The average molecular weight is 329 g/mol. The van der Waals surface area contributed by atoms with Gasteiger partial charge in [0, 0.05) is 36.9 Å². The number of amides is 1. The lowest BCUT2D eigenvalue weighted by Gasteiger charge is -2.37. The molecule has 0 radical (unpaired) electrons. The van der Waals surface area contributed by atoms with E-state index in [4.69, 9.17) is 0 Å². The summed E-state index contributed by atoms with van der Waals surface area (Å²) in [5, 5.41) is 4.28. The summed E-state index contributed by atoms with van der Waals surface area (Å²) in [6.07, 6.45) is 4.74. The maximum Gasteiger partial charge on any atom is 0.230 e. The van der Waals surface area contributed by atoms with Gasteiger partial charge < -0.3 is 4.90 Å². The summed E-state index contributed by atoms with van der Waals surface area (Å²) >= 11 is 1.91. The van der Waals surface area contributed by atoms with E-state index in [0.29, 0.717) is 0 Å². The third-order valence-electron chi connectivity index (χ3n) is 4.43. The number of aryl methyl sites for hydroxylation is 1. The maximum atomic E-state index is 13.2. The summed E-state index contributed by atoms with van der Waals surface area (Å²) in [7, 11) is 1.92. The van der Waals surface area contributed by atoms with Gasteiger partial charge in [0.15, 0.2) is 0 Å². The van der Waals surface area contributed by atoms with Crippen LogP contribution in [-0.2, 0) is 11.8 Å². The molecule has 3 rings (SSSR count). The van der Waals surface area contributed by atoms with Gasteiger partial charge in [-0.05, 0) is 12.0 Å². The summed E-state index contributed by atoms with van der Waals surface area (Å²) < 4.78 is 1.81. The Morgan fingerprint density at radius 1 is 1.39 bits per heavy atom. The first-order valence-corrected chi connectivity index (χ1v) is 9.28. The van der Waals surface area contributed by atoms with Crippen molar-refractivity contribution in [3.63, 3.8) is 0 Å². The predicted molar refractivity (Wildman–Crippen MR) is 94.5 cm³/mol. The summed E-state index contributed by atoms with van der Waals surface area (Å²) in [5.41, 5.74) is 2.25. The Balaban J connectivity index is 1.86. The second kappa shape index (κ2) is 7.21. The van der Waals surface area contributed by atoms with Crippen LogP contribution in [-0.4, -0.2) is 38.6 Å². The average Bonchev–Trinajstić information content (AvgIpc) is 3.03. The number of rotatable bonds is 4.